The van der Waals surface area contributed by atoms with Gasteiger partial charge in [0.05, 0.1) is 35.5 Å². The summed E-state index contributed by atoms with van der Waals surface area (Å²) in [4.78, 5) is 21.4. The summed E-state index contributed by atoms with van der Waals surface area (Å²) in [7, 11) is 2.03. The number of rotatable bonds is 3. The molecule has 5 atom stereocenters. The molecule has 1 aromatic carbocycles. The number of benzene rings is 1. The molecule has 6 rings (SSSR count). The highest BCUT2D eigenvalue weighted by Gasteiger charge is 2.72. The Hall–Kier alpha value is -2.75. The van der Waals surface area contributed by atoms with Crippen LogP contribution in [0, 0.1) is 16.6 Å². The molecule has 3 heterocycles. The molecular formula is C24H25ClFN5O3. The second kappa shape index (κ2) is 7.63. The van der Waals surface area contributed by atoms with Gasteiger partial charge in [0, 0.05) is 48.0 Å². The van der Waals surface area contributed by atoms with Gasteiger partial charge in [-0.2, -0.15) is 0 Å². The summed E-state index contributed by atoms with van der Waals surface area (Å²) in [5.41, 5.74) is 1.25. The van der Waals surface area contributed by atoms with E-state index in [9.17, 15) is 14.3 Å². The molecule has 4 fully saturated rings. The predicted octanol–water partition coefficient (Wildman–Crippen LogP) is 2.24. The number of amides is 1. The van der Waals surface area contributed by atoms with Crippen LogP contribution in [-0.4, -0.2) is 77.2 Å². The number of carbonyl (C=O) groups excluding carboxylic acids is 1. The second-order valence-corrected chi connectivity index (χ2v) is 10.3. The molecule has 0 radical (unpaired) electrons. The first-order valence-electron chi connectivity index (χ1n) is 11.4. The molecule has 2 aliphatic carbocycles. The average Bonchev–Trinajstić information content (AvgIpc) is 3.34. The van der Waals surface area contributed by atoms with Crippen LogP contribution in [0.25, 0.3) is 0 Å². The van der Waals surface area contributed by atoms with E-state index in [2.05, 4.69) is 15.2 Å². The Morgan fingerprint density at radius 2 is 2.21 bits per heavy atom. The maximum Gasteiger partial charge on any atom is 0.258 e. The number of halogens is 2. The predicted molar refractivity (Wildman–Crippen MR) is 125 cm³/mol. The van der Waals surface area contributed by atoms with Crippen LogP contribution in [0.4, 0.5) is 4.39 Å². The van der Waals surface area contributed by atoms with Crippen molar-refractivity contribution in [1.29, 1.82) is 5.41 Å². The van der Waals surface area contributed by atoms with E-state index in [0.717, 1.165) is 19.3 Å². The summed E-state index contributed by atoms with van der Waals surface area (Å²) in [6.45, 7) is 0.334. The third-order valence-electron chi connectivity index (χ3n) is 8.00. The normalized spacial score (nSPS) is 36.3. The van der Waals surface area contributed by atoms with E-state index in [4.69, 9.17) is 21.7 Å². The summed E-state index contributed by atoms with van der Waals surface area (Å²) < 4.78 is 20.4. The SMILES string of the molecule is CN1C2CC(Oc3cc(F)ccc3C(=O)N3CC(=N)/C(=C4/N=CC(Cl)=CN4)C3)CC23C[C@H](O)C13. The molecule has 1 spiro atoms. The van der Waals surface area contributed by atoms with Gasteiger partial charge in [-0.05, 0) is 32.0 Å². The van der Waals surface area contributed by atoms with Crippen LogP contribution in [0.1, 0.15) is 29.6 Å². The summed E-state index contributed by atoms with van der Waals surface area (Å²) >= 11 is 5.89. The number of carbonyl (C=O) groups is 1. The molecule has 8 nitrogen and oxygen atoms in total. The van der Waals surface area contributed by atoms with E-state index in [1.54, 1.807) is 6.20 Å². The van der Waals surface area contributed by atoms with Crippen LogP contribution in [0.2, 0.25) is 0 Å². The van der Waals surface area contributed by atoms with Gasteiger partial charge in [0.2, 0.25) is 0 Å². The minimum Gasteiger partial charge on any atom is -0.489 e. The van der Waals surface area contributed by atoms with Gasteiger partial charge in [-0.3, -0.25) is 9.69 Å². The standard InChI is InChI=1S/C24H25ClFN5O3/c1-30-20-5-14(6-24(20)7-18(32)21(24)30)34-19-4-13(26)2-3-15(19)23(33)31-10-16(17(27)11-31)22-28-8-12(25)9-29-22/h2-4,8-9,14,18,20-21,27-28,32H,5-7,10-11H2,1H3/b22-16+,27-17?/t14?,18-,20?,21?,24?/m0/s1. The molecule has 4 unspecified atom stereocenters. The van der Waals surface area contributed by atoms with Gasteiger partial charge in [0.25, 0.3) is 5.91 Å². The minimum atomic E-state index is -0.471. The summed E-state index contributed by atoms with van der Waals surface area (Å²) in [6, 6.07) is 4.48. The number of hydrogen-bond donors (Lipinski definition) is 3. The zero-order valence-electron chi connectivity index (χ0n) is 18.6. The van der Waals surface area contributed by atoms with Crippen LogP contribution in [0.15, 0.2) is 45.8 Å². The lowest BCUT2D eigenvalue weighted by Crippen LogP contribution is -2.79. The molecule has 178 valence electrons. The van der Waals surface area contributed by atoms with Gasteiger partial charge in [-0.25, -0.2) is 9.38 Å². The maximum absolute atomic E-state index is 14.2. The molecular weight excluding hydrogens is 461 g/mol. The number of hydrogen-bond acceptors (Lipinski definition) is 7. The van der Waals surface area contributed by atoms with Gasteiger partial charge in [-0.1, -0.05) is 11.6 Å². The van der Waals surface area contributed by atoms with E-state index in [1.807, 2.05) is 7.05 Å². The Labute approximate surface area is 201 Å². The first-order chi connectivity index (χ1) is 16.3. The molecule has 1 aromatic rings. The maximum atomic E-state index is 14.2. The Bertz CT molecular complexity index is 1200. The molecule has 1 amide bonds. The van der Waals surface area contributed by atoms with Crippen molar-refractivity contribution in [2.24, 2.45) is 10.4 Å². The van der Waals surface area contributed by atoms with E-state index in [0.29, 0.717) is 22.5 Å². The van der Waals surface area contributed by atoms with Crippen molar-refractivity contribution >= 4 is 29.4 Å². The number of aliphatic hydroxyl groups excluding tert-OH is 1. The van der Waals surface area contributed by atoms with Crippen molar-refractivity contribution in [3.05, 3.63) is 52.2 Å². The van der Waals surface area contributed by atoms with Crippen LogP contribution in [-0.2, 0) is 0 Å². The van der Waals surface area contributed by atoms with Crippen molar-refractivity contribution in [2.75, 3.05) is 20.1 Å². The first kappa shape index (κ1) is 21.8. The van der Waals surface area contributed by atoms with Crippen molar-refractivity contribution < 1.29 is 19.0 Å². The lowest BCUT2D eigenvalue weighted by atomic mass is 9.52. The van der Waals surface area contributed by atoms with E-state index in [-0.39, 0.29) is 59.7 Å². The lowest BCUT2D eigenvalue weighted by Gasteiger charge is -2.69. The zero-order valence-corrected chi connectivity index (χ0v) is 19.3. The molecule has 10 heteroatoms. The minimum absolute atomic E-state index is 0.0757. The van der Waals surface area contributed by atoms with Crippen molar-refractivity contribution in [3.63, 3.8) is 0 Å². The highest BCUT2D eigenvalue weighted by molar-refractivity contribution is 6.39. The highest BCUT2D eigenvalue weighted by Crippen LogP contribution is 2.64. The monoisotopic (exact) mass is 485 g/mol. The third-order valence-corrected chi connectivity index (χ3v) is 8.20. The van der Waals surface area contributed by atoms with Crippen molar-refractivity contribution in [3.8, 4) is 5.75 Å². The highest BCUT2D eigenvalue weighted by atomic mass is 35.5. The quantitative estimate of drug-likeness (QED) is 0.609. The molecule has 2 saturated heterocycles. The van der Waals surface area contributed by atoms with Crippen LogP contribution < -0.4 is 10.1 Å². The number of allylic oxidation sites excluding steroid dienone is 1. The lowest BCUT2D eigenvalue weighted by molar-refractivity contribution is -0.240. The summed E-state index contributed by atoms with van der Waals surface area (Å²) in [5, 5.41) is 21.9. The molecule has 3 N–H and O–H groups in total. The zero-order chi connectivity index (χ0) is 23.8. The molecule has 34 heavy (non-hydrogen) atoms. The fourth-order valence-corrected chi connectivity index (χ4v) is 6.68. The molecule has 0 bridgehead atoms. The number of piperidine rings is 1. The van der Waals surface area contributed by atoms with Crippen molar-refractivity contribution in [2.45, 2.75) is 43.6 Å². The Kier molecular flexibility index (Phi) is 4.88. The summed E-state index contributed by atoms with van der Waals surface area (Å²) in [5.74, 6) is -0.0803. The van der Waals surface area contributed by atoms with Gasteiger partial charge >= 0.3 is 0 Å². The molecule has 3 aliphatic heterocycles. The molecule has 5 aliphatic rings. The van der Waals surface area contributed by atoms with Gasteiger partial charge in [-0.15, -0.1) is 0 Å². The van der Waals surface area contributed by atoms with Gasteiger partial charge in [0.1, 0.15) is 23.5 Å². The number of likely N-dealkylation sites (N-methyl/N-ethyl adjacent to an activating group) is 1. The number of nitrogens with one attached hydrogen (secondary N) is 2. The van der Waals surface area contributed by atoms with Crippen LogP contribution in [0.3, 0.4) is 0 Å². The average molecular weight is 486 g/mol. The number of nitrogens with zero attached hydrogens (tertiary/aromatic N) is 3. The van der Waals surface area contributed by atoms with Crippen LogP contribution in [0.5, 0.6) is 5.75 Å². The first-order valence-corrected chi connectivity index (χ1v) is 11.8. The number of aliphatic hydroxyl groups is 1. The fraction of sp³-hybridized carbons (Fsp3) is 0.458. The van der Waals surface area contributed by atoms with E-state index < -0.39 is 5.82 Å². The smallest absolute Gasteiger partial charge is 0.258 e. The van der Waals surface area contributed by atoms with E-state index in [1.165, 1.54) is 29.3 Å². The largest absolute Gasteiger partial charge is 0.489 e. The van der Waals surface area contributed by atoms with Gasteiger partial charge < -0.3 is 25.5 Å². The third kappa shape index (κ3) is 3.14. The fourth-order valence-electron chi connectivity index (χ4n) is 6.57. The molecule has 2 saturated carbocycles. The summed E-state index contributed by atoms with van der Waals surface area (Å²) in [6.07, 6.45) is 4.97. The van der Waals surface area contributed by atoms with Crippen molar-refractivity contribution in [1.82, 2.24) is 15.1 Å². The Morgan fingerprint density at radius 1 is 1.38 bits per heavy atom. The van der Waals surface area contributed by atoms with E-state index >= 15 is 0 Å². The van der Waals surface area contributed by atoms with Gasteiger partial charge in [0.15, 0.2) is 0 Å². The number of likely N-dealkylation sites (tertiary alicyclic amines) is 2. The Balaban J connectivity index is 1.21. The Morgan fingerprint density at radius 3 is 2.94 bits per heavy atom. The number of aliphatic imine (C=N–C) groups is 1. The number of ether oxygens (including phenoxy) is 1. The second-order valence-electron chi connectivity index (χ2n) is 9.85. The topological polar surface area (TPSA) is 101 Å². The van der Waals surface area contributed by atoms with Crippen LogP contribution >= 0.6 is 11.6 Å². The molecule has 0 aromatic heterocycles.